The monoisotopic (exact) mass is 371 g/mol. The number of halogens is 1. The van der Waals surface area contributed by atoms with Gasteiger partial charge in [0, 0.05) is 10.4 Å². The Bertz CT molecular complexity index is 995. The van der Waals surface area contributed by atoms with Crippen LogP contribution < -0.4 is 0 Å². The van der Waals surface area contributed by atoms with Gasteiger partial charge >= 0.3 is 0 Å². The molecule has 0 fully saturated rings. The number of hydrogen-bond donors (Lipinski definition) is 2. The van der Waals surface area contributed by atoms with Gasteiger partial charge in [-0.2, -0.15) is 0 Å². The summed E-state index contributed by atoms with van der Waals surface area (Å²) in [5, 5.41) is 23.0. The Hall–Kier alpha value is -2.86. The lowest BCUT2D eigenvalue weighted by Crippen LogP contribution is -1.88. The zero-order valence-electron chi connectivity index (χ0n) is 14.6. The fourth-order valence-electron chi connectivity index (χ4n) is 2.91. The van der Waals surface area contributed by atoms with E-state index in [4.69, 9.17) is 4.84 Å². The van der Waals surface area contributed by atoms with E-state index in [1.165, 1.54) is 30.6 Å². The van der Waals surface area contributed by atoms with Crippen molar-refractivity contribution in [1.29, 1.82) is 0 Å². The van der Waals surface area contributed by atoms with Crippen LogP contribution in [-0.2, 0) is 4.84 Å². The van der Waals surface area contributed by atoms with Crippen LogP contribution >= 0.6 is 11.3 Å². The average Bonchev–Trinajstić information content (AvgIpc) is 2.92. The number of hydrogen-bond acceptors (Lipinski definition) is 5. The molecule has 0 atom stereocenters. The second kappa shape index (κ2) is 7.17. The van der Waals surface area contributed by atoms with E-state index in [1.807, 2.05) is 19.9 Å². The first-order valence-electron chi connectivity index (χ1n) is 7.91. The van der Waals surface area contributed by atoms with Gasteiger partial charge in [0.1, 0.15) is 12.9 Å². The molecule has 134 valence electrons. The van der Waals surface area contributed by atoms with Crippen molar-refractivity contribution in [2.45, 2.75) is 13.8 Å². The highest BCUT2D eigenvalue weighted by molar-refractivity contribution is 7.18. The summed E-state index contributed by atoms with van der Waals surface area (Å²) < 4.78 is 13.9. The van der Waals surface area contributed by atoms with Gasteiger partial charge in [-0.25, -0.2) is 4.39 Å². The molecule has 2 N–H and O–H groups in total. The van der Waals surface area contributed by atoms with Crippen molar-refractivity contribution >= 4 is 17.6 Å². The summed E-state index contributed by atoms with van der Waals surface area (Å²) in [5.74, 6) is -0.851. The smallest absolute Gasteiger partial charge is 0.165 e. The largest absolute Gasteiger partial charge is 0.508 e. The van der Waals surface area contributed by atoms with Crippen molar-refractivity contribution in [3.05, 3.63) is 58.2 Å². The van der Waals surface area contributed by atoms with Gasteiger partial charge in [-0.3, -0.25) is 0 Å². The van der Waals surface area contributed by atoms with Crippen LogP contribution in [0.4, 0.5) is 4.39 Å². The highest BCUT2D eigenvalue weighted by atomic mass is 32.1. The molecule has 26 heavy (non-hydrogen) atoms. The van der Waals surface area contributed by atoms with Gasteiger partial charge in [0.2, 0.25) is 0 Å². The number of aromatic hydroxyl groups is 2. The zero-order valence-corrected chi connectivity index (χ0v) is 15.4. The molecule has 3 rings (SSSR count). The summed E-state index contributed by atoms with van der Waals surface area (Å²) in [5.41, 5.74) is 4.37. The molecular weight excluding hydrogens is 353 g/mol. The fraction of sp³-hybridized carbons (Fsp3) is 0.150. The SMILES string of the molecule is CON=Cc1sc(-c2ccc(O)cc2C)c(C)c1-c1ccc(O)c(F)c1. The van der Waals surface area contributed by atoms with E-state index in [9.17, 15) is 14.6 Å². The normalized spacial score (nSPS) is 11.2. The summed E-state index contributed by atoms with van der Waals surface area (Å²) >= 11 is 1.51. The Morgan fingerprint density at radius 2 is 1.88 bits per heavy atom. The van der Waals surface area contributed by atoms with E-state index in [0.717, 1.165) is 32.0 Å². The minimum Gasteiger partial charge on any atom is -0.508 e. The van der Waals surface area contributed by atoms with Crippen LogP contribution in [-0.4, -0.2) is 23.5 Å². The summed E-state index contributed by atoms with van der Waals surface area (Å²) in [6.07, 6.45) is 1.59. The molecule has 0 aliphatic carbocycles. The lowest BCUT2D eigenvalue weighted by Gasteiger charge is -2.07. The van der Waals surface area contributed by atoms with Gasteiger partial charge < -0.3 is 15.1 Å². The first-order valence-corrected chi connectivity index (χ1v) is 8.72. The van der Waals surface area contributed by atoms with Crippen LogP contribution in [0.5, 0.6) is 11.5 Å². The van der Waals surface area contributed by atoms with Crippen LogP contribution in [0, 0.1) is 19.7 Å². The molecule has 0 spiro atoms. The van der Waals surface area contributed by atoms with Gasteiger partial charge in [0.05, 0.1) is 11.1 Å². The van der Waals surface area contributed by atoms with Gasteiger partial charge in [0.25, 0.3) is 0 Å². The van der Waals surface area contributed by atoms with Crippen molar-refractivity contribution in [2.24, 2.45) is 5.16 Å². The molecule has 6 heteroatoms. The lowest BCUT2D eigenvalue weighted by atomic mass is 9.97. The summed E-state index contributed by atoms with van der Waals surface area (Å²) in [6.45, 7) is 3.89. The maximum absolute atomic E-state index is 13.9. The molecule has 0 saturated carbocycles. The maximum atomic E-state index is 13.9. The topological polar surface area (TPSA) is 62.0 Å². The van der Waals surface area contributed by atoms with E-state index in [1.54, 1.807) is 24.4 Å². The standard InChI is InChI=1S/C20H18FNO3S/c1-11-8-14(23)5-6-15(11)20-12(2)19(18(26-20)10-22-25-3)13-4-7-17(24)16(21)9-13/h4-10,23-24H,1-3H3. The fourth-order valence-corrected chi connectivity index (χ4v) is 4.19. The third-order valence-electron chi connectivity index (χ3n) is 4.14. The number of oxime groups is 1. The van der Waals surface area contributed by atoms with Crippen molar-refractivity contribution in [2.75, 3.05) is 7.11 Å². The molecule has 0 bridgehead atoms. The summed E-state index contributed by atoms with van der Waals surface area (Å²) in [4.78, 5) is 6.62. The van der Waals surface area contributed by atoms with Crippen molar-refractivity contribution in [1.82, 2.24) is 0 Å². The van der Waals surface area contributed by atoms with E-state index < -0.39 is 5.82 Å². The Balaban J connectivity index is 2.24. The van der Waals surface area contributed by atoms with Crippen LogP contribution in [0.3, 0.4) is 0 Å². The number of phenolic OH excluding ortho intramolecular Hbond substituents is 2. The second-order valence-electron chi connectivity index (χ2n) is 5.88. The molecule has 0 radical (unpaired) electrons. The van der Waals surface area contributed by atoms with E-state index in [0.29, 0.717) is 5.56 Å². The minimum atomic E-state index is -0.676. The van der Waals surface area contributed by atoms with Crippen LogP contribution in [0.25, 0.3) is 21.6 Å². The van der Waals surface area contributed by atoms with Gasteiger partial charge in [0.15, 0.2) is 11.6 Å². The molecule has 1 heterocycles. The molecule has 3 aromatic rings. The second-order valence-corrected chi connectivity index (χ2v) is 6.93. The molecule has 0 aliphatic heterocycles. The van der Waals surface area contributed by atoms with Crippen molar-refractivity contribution in [3.63, 3.8) is 0 Å². The number of thiophene rings is 1. The average molecular weight is 371 g/mol. The zero-order chi connectivity index (χ0) is 18.8. The van der Waals surface area contributed by atoms with Gasteiger partial charge in [-0.05, 0) is 66.4 Å². The number of aryl methyl sites for hydroxylation is 1. The molecule has 2 aromatic carbocycles. The molecular formula is C20H18FNO3S. The first kappa shape index (κ1) is 17.9. The third kappa shape index (κ3) is 3.28. The highest BCUT2D eigenvalue weighted by Gasteiger charge is 2.19. The first-order chi connectivity index (χ1) is 12.4. The number of rotatable bonds is 4. The van der Waals surface area contributed by atoms with E-state index in [2.05, 4.69) is 5.16 Å². The van der Waals surface area contributed by atoms with Crippen LogP contribution in [0.1, 0.15) is 16.0 Å². The Kier molecular flexibility index (Phi) is 4.95. The number of phenols is 2. The Labute approximate surface area is 154 Å². The van der Waals surface area contributed by atoms with Gasteiger partial charge in [-0.15, -0.1) is 11.3 Å². The molecule has 1 aromatic heterocycles. The predicted octanol–water partition coefficient (Wildman–Crippen LogP) is 5.23. The maximum Gasteiger partial charge on any atom is 0.165 e. The minimum absolute atomic E-state index is 0.211. The van der Waals surface area contributed by atoms with Crippen LogP contribution in [0.2, 0.25) is 0 Å². The molecule has 0 aliphatic rings. The highest BCUT2D eigenvalue weighted by Crippen LogP contribution is 2.43. The summed E-state index contributed by atoms with van der Waals surface area (Å²) in [7, 11) is 1.46. The van der Waals surface area contributed by atoms with Crippen molar-refractivity contribution in [3.8, 4) is 33.1 Å². The van der Waals surface area contributed by atoms with E-state index >= 15 is 0 Å². The quantitative estimate of drug-likeness (QED) is 0.488. The molecule has 0 saturated heterocycles. The summed E-state index contributed by atoms with van der Waals surface area (Å²) in [6, 6.07) is 9.53. The van der Waals surface area contributed by atoms with Gasteiger partial charge in [-0.1, -0.05) is 11.2 Å². The molecule has 0 unspecified atom stereocenters. The lowest BCUT2D eigenvalue weighted by molar-refractivity contribution is 0.215. The number of benzene rings is 2. The number of nitrogens with zero attached hydrogens (tertiary/aromatic N) is 1. The molecule has 4 nitrogen and oxygen atoms in total. The third-order valence-corrected chi connectivity index (χ3v) is 5.40. The van der Waals surface area contributed by atoms with E-state index in [-0.39, 0.29) is 11.5 Å². The Morgan fingerprint density at radius 1 is 1.12 bits per heavy atom. The predicted molar refractivity (Wildman–Crippen MR) is 103 cm³/mol. The Morgan fingerprint density at radius 3 is 2.54 bits per heavy atom. The molecule has 0 amide bonds. The van der Waals surface area contributed by atoms with Crippen LogP contribution in [0.15, 0.2) is 41.6 Å². The van der Waals surface area contributed by atoms with Crippen molar-refractivity contribution < 1.29 is 19.4 Å².